The number of rotatable bonds is 5. The van der Waals surface area contributed by atoms with Gasteiger partial charge in [-0.15, -0.1) is 0 Å². The molecular weight excluding hydrogens is 255 g/mol. The maximum Gasteiger partial charge on any atom is 0.417 e. The molecule has 6 heteroatoms. The minimum atomic E-state index is -4.51. The molecular formula is C13H16F3N3. The highest BCUT2D eigenvalue weighted by Crippen LogP contribution is 2.33. The molecule has 0 aliphatic rings. The summed E-state index contributed by atoms with van der Waals surface area (Å²) in [6, 6.07) is 5.50. The molecule has 3 nitrogen and oxygen atoms in total. The Morgan fingerprint density at radius 2 is 1.95 bits per heavy atom. The molecule has 19 heavy (non-hydrogen) atoms. The summed E-state index contributed by atoms with van der Waals surface area (Å²) >= 11 is 0. The summed E-state index contributed by atoms with van der Waals surface area (Å²) in [6.45, 7) is 5.15. The minimum absolute atomic E-state index is 0.327. The monoisotopic (exact) mass is 271 g/mol. The summed E-state index contributed by atoms with van der Waals surface area (Å²) in [5.74, 6) is 0. The van der Waals surface area contributed by atoms with E-state index < -0.39 is 11.7 Å². The second kappa shape index (κ2) is 6.43. The first-order valence-corrected chi connectivity index (χ1v) is 5.93. The average molecular weight is 271 g/mol. The lowest BCUT2D eigenvalue weighted by atomic mass is 10.1. The Hall–Kier alpha value is -1.74. The van der Waals surface area contributed by atoms with E-state index in [1.54, 1.807) is 6.07 Å². The molecule has 0 amide bonds. The fourth-order valence-corrected chi connectivity index (χ4v) is 1.55. The van der Waals surface area contributed by atoms with Gasteiger partial charge in [0.25, 0.3) is 0 Å². The summed E-state index contributed by atoms with van der Waals surface area (Å²) in [7, 11) is 0. The number of alkyl halides is 3. The zero-order valence-electron chi connectivity index (χ0n) is 10.8. The highest BCUT2D eigenvalue weighted by Gasteiger charge is 2.33. The predicted octanol–water partition coefficient (Wildman–Crippen LogP) is 2.99. The molecule has 0 fully saturated rings. The molecule has 0 heterocycles. The first-order valence-electron chi connectivity index (χ1n) is 5.93. The number of hydrogen-bond donors (Lipinski definition) is 2. The lowest BCUT2D eigenvalue weighted by Gasteiger charge is -2.13. The molecule has 0 spiro atoms. The van der Waals surface area contributed by atoms with Crippen molar-refractivity contribution in [2.75, 3.05) is 18.4 Å². The normalized spacial score (nSPS) is 11.4. The van der Waals surface area contributed by atoms with E-state index in [4.69, 9.17) is 5.26 Å². The number of halogens is 3. The van der Waals surface area contributed by atoms with E-state index in [0.29, 0.717) is 24.8 Å². The van der Waals surface area contributed by atoms with Crippen LogP contribution < -0.4 is 10.6 Å². The number of hydrogen-bond acceptors (Lipinski definition) is 3. The van der Waals surface area contributed by atoms with Crippen LogP contribution in [0.25, 0.3) is 0 Å². The second-order valence-corrected chi connectivity index (χ2v) is 4.41. The van der Waals surface area contributed by atoms with E-state index >= 15 is 0 Å². The van der Waals surface area contributed by atoms with E-state index in [-0.39, 0.29) is 5.56 Å². The van der Waals surface area contributed by atoms with Crippen LogP contribution in [-0.4, -0.2) is 19.1 Å². The van der Waals surface area contributed by atoms with Crippen LogP contribution in [0.2, 0.25) is 0 Å². The van der Waals surface area contributed by atoms with Crippen molar-refractivity contribution < 1.29 is 13.2 Å². The van der Waals surface area contributed by atoms with Gasteiger partial charge in [0.1, 0.15) is 0 Å². The van der Waals surface area contributed by atoms with E-state index in [0.717, 1.165) is 6.07 Å². The Morgan fingerprint density at radius 3 is 2.47 bits per heavy atom. The SMILES string of the molecule is CC(C)NCCNc1ccc(C#N)c(C(F)(F)F)c1. The van der Waals surface area contributed by atoms with Gasteiger partial charge in [0.15, 0.2) is 0 Å². The summed E-state index contributed by atoms with van der Waals surface area (Å²) in [5, 5.41) is 14.7. The van der Waals surface area contributed by atoms with Crippen LogP contribution in [0.4, 0.5) is 18.9 Å². The van der Waals surface area contributed by atoms with Crippen LogP contribution in [0.1, 0.15) is 25.0 Å². The van der Waals surface area contributed by atoms with Gasteiger partial charge in [-0.05, 0) is 18.2 Å². The van der Waals surface area contributed by atoms with Gasteiger partial charge < -0.3 is 10.6 Å². The average Bonchev–Trinajstić information content (AvgIpc) is 2.33. The number of nitriles is 1. The largest absolute Gasteiger partial charge is 0.417 e. The second-order valence-electron chi connectivity index (χ2n) is 4.41. The van der Waals surface area contributed by atoms with Crippen molar-refractivity contribution in [1.82, 2.24) is 5.32 Å². The molecule has 0 saturated carbocycles. The lowest BCUT2D eigenvalue weighted by molar-refractivity contribution is -0.137. The summed E-state index contributed by atoms with van der Waals surface area (Å²) < 4.78 is 38.2. The fraction of sp³-hybridized carbons (Fsp3) is 0.462. The van der Waals surface area contributed by atoms with Crippen LogP contribution in [0.5, 0.6) is 0 Å². The van der Waals surface area contributed by atoms with Crippen molar-refractivity contribution in [2.45, 2.75) is 26.1 Å². The first kappa shape index (κ1) is 15.3. The van der Waals surface area contributed by atoms with Crippen molar-refractivity contribution in [2.24, 2.45) is 0 Å². The zero-order chi connectivity index (χ0) is 14.5. The van der Waals surface area contributed by atoms with Crippen molar-refractivity contribution >= 4 is 5.69 Å². The van der Waals surface area contributed by atoms with Crippen LogP contribution in [0.15, 0.2) is 18.2 Å². The van der Waals surface area contributed by atoms with Crippen molar-refractivity contribution in [3.63, 3.8) is 0 Å². The molecule has 1 aromatic rings. The quantitative estimate of drug-likeness (QED) is 0.809. The standard InChI is InChI=1S/C13H16F3N3/c1-9(2)18-5-6-19-11-4-3-10(8-17)12(7-11)13(14,15)16/h3-4,7,9,18-19H,5-6H2,1-2H3. The molecule has 0 saturated heterocycles. The van der Waals surface area contributed by atoms with Crippen LogP contribution in [0.3, 0.4) is 0 Å². The maximum absolute atomic E-state index is 12.7. The van der Waals surface area contributed by atoms with Crippen molar-refractivity contribution in [3.8, 4) is 6.07 Å². The molecule has 0 radical (unpaired) electrons. The first-order chi connectivity index (χ1) is 8.84. The highest BCUT2D eigenvalue weighted by molar-refractivity contribution is 5.53. The lowest BCUT2D eigenvalue weighted by Crippen LogP contribution is -2.28. The van der Waals surface area contributed by atoms with Gasteiger partial charge in [0, 0.05) is 24.8 Å². The van der Waals surface area contributed by atoms with Gasteiger partial charge in [-0.3, -0.25) is 0 Å². The number of nitrogens with zero attached hydrogens (tertiary/aromatic N) is 1. The highest BCUT2D eigenvalue weighted by atomic mass is 19.4. The van der Waals surface area contributed by atoms with Gasteiger partial charge in [0.2, 0.25) is 0 Å². The molecule has 0 aliphatic carbocycles. The fourth-order valence-electron chi connectivity index (χ4n) is 1.55. The molecule has 104 valence electrons. The van der Waals surface area contributed by atoms with Crippen molar-refractivity contribution in [3.05, 3.63) is 29.3 Å². The predicted molar refractivity (Wildman–Crippen MR) is 67.8 cm³/mol. The Balaban J connectivity index is 2.74. The molecule has 0 bridgehead atoms. The van der Waals surface area contributed by atoms with E-state index in [1.807, 2.05) is 13.8 Å². The van der Waals surface area contributed by atoms with E-state index in [2.05, 4.69) is 10.6 Å². The van der Waals surface area contributed by atoms with Gasteiger partial charge >= 0.3 is 6.18 Å². The molecule has 1 rings (SSSR count). The maximum atomic E-state index is 12.7. The Morgan fingerprint density at radius 1 is 1.26 bits per heavy atom. The number of benzene rings is 1. The Kier molecular flexibility index (Phi) is 5.19. The van der Waals surface area contributed by atoms with Gasteiger partial charge in [-0.2, -0.15) is 18.4 Å². The summed E-state index contributed by atoms with van der Waals surface area (Å²) in [6.07, 6.45) is -4.51. The molecule has 0 unspecified atom stereocenters. The smallest absolute Gasteiger partial charge is 0.384 e. The Labute approximate surface area is 110 Å². The molecule has 0 atom stereocenters. The third-order valence-corrected chi connectivity index (χ3v) is 2.45. The summed E-state index contributed by atoms with van der Waals surface area (Å²) in [4.78, 5) is 0. The summed E-state index contributed by atoms with van der Waals surface area (Å²) in [5.41, 5.74) is -0.910. The van der Waals surface area contributed by atoms with E-state index in [1.165, 1.54) is 12.1 Å². The van der Waals surface area contributed by atoms with Gasteiger partial charge in [0.05, 0.1) is 17.2 Å². The third kappa shape index (κ3) is 4.79. The number of nitrogens with one attached hydrogen (secondary N) is 2. The third-order valence-electron chi connectivity index (χ3n) is 2.45. The molecule has 2 N–H and O–H groups in total. The molecule has 0 aromatic heterocycles. The topological polar surface area (TPSA) is 47.8 Å². The van der Waals surface area contributed by atoms with Crippen LogP contribution in [-0.2, 0) is 6.18 Å². The minimum Gasteiger partial charge on any atom is -0.384 e. The van der Waals surface area contributed by atoms with Crippen LogP contribution >= 0.6 is 0 Å². The number of anilines is 1. The van der Waals surface area contributed by atoms with Gasteiger partial charge in [-0.1, -0.05) is 13.8 Å². The van der Waals surface area contributed by atoms with Crippen molar-refractivity contribution in [1.29, 1.82) is 5.26 Å². The van der Waals surface area contributed by atoms with E-state index in [9.17, 15) is 13.2 Å². The molecule has 0 aliphatic heterocycles. The zero-order valence-corrected chi connectivity index (χ0v) is 10.8. The Bertz CT molecular complexity index is 461. The van der Waals surface area contributed by atoms with Crippen LogP contribution in [0, 0.1) is 11.3 Å². The van der Waals surface area contributed by atoms with Gasteiger partial charge in [-0.25, -0.2) is 0 Å². The molecule has 1 aromatic carbocycles.